The van der Waals surface area contributed by atoms with Crippen LogP contribution in [-0.2, 0) is 0 Å². The number of nitrogens with zero attached hydrogens (tertiary/aromatic N) is 3. The van der Waals surface area contributed by atoms with E-state index in [2.05, 4.69) is 12.1 Å². The van der Waals surface area contributed by atoms with E-state index in [1.165, 1.54) is 0 Å². The lowest BCUT2D eigenvalue weighted by Crippen LogP contribution is -2.32. The van der Waals surface area contributed by atoms with Gasteiger partial charge >= 0.3 is 0 Å². The van der Waals surface area contributed by atoms with Gasteiger partial charge in [-0.3, -0.25) is 0 Å². The van der Waals surface area contributed by atoms with Gasteiger partial charge in [0, 0.05) is 18.3 Å². The van der Waals surface area contributed by atoms with Gasteiger partial charge in [0.25, 0.3) is 0 Å². The first-order chi connectivity index (χ1) is 8.10. The molecule has 1 aromatic carbocycles. The number of rotatable bonds is 4. The topological polar surface area (TPSA) is 76.8 Å². The third-order valence-electron chi connectivity index (χ3n) is 2.54. The molecule has 4 heteroatoms. The third kappa shape index (κ3) is 3.12. The minimum atomic E-state index is 0.235. The van der Waals surface area contributed by atoms with E-state index in [4.69, 9.17) is 16.3 Å². The third-order valence-corrected chi connectivity index (χ3v) is 2.54. The molecule has 0 fully saturated rings. The summed E-state index contributed by atoms with van der Waals surface area (Å²) >= 11 is 0. The Balaban J connectivity index is 3.11. The van der Waals surface area contributed by atoms with Crippen LogP contribution in [0.2, 0.25) is 0 Å². The number of hydrogen-bond acceptors (Lipinski definition) is 4. The second-order valence-electron chi connectivity index (χ2n) is 4.08. The van der Waals surface area contributed by atoms with E-state index in [1.807, 2.05) is 24.8 Å². The zero-order valence-corrected chi connectivity index (χ0v) is 10.1. The first-order valence-electron chi connectivity index (χ1n) is 5.53. The van der Waals surface area contributed by atoms with E-state index in [1.54, 1.807) is 12.1 Å². The molecule has 1 aromatic rings. The van der Waals surface area contributed by atoms with Crippen LogP contribution in [0.3, 0.4) is 0 Å². The van der Waals surface area contributed by atoms with E-state index >= 15 is 0 Å². The van der Waals surface area contributed by atoms with Gasteiger partial charge in [0.15, 0.2) is 0 Å². The first-order valence-corrected chi connectivity index (χ1v) is 5.53. The van der Waals surface area contributed by atoms with Gasteiger partial charge in [0.1, 0.15) is 6.07 Å². The van der Waals surface area contributed by atoms with Crippen molar-refractivity contribution in [3.05, 3.63) is 23.8 Å². The molecule has 0 saturated heterocycles. The van der Waals surface area contributed by atoms with Crippen LogP contribution in [-0.4, -0.2) is 12.6 Å². The summed E-state index contributed by atoms with van der Waals surface area (Å²) in [6.07, 6.45) is 0.438. The van der Waals surface area contributed by atoms with Crippen molar-refractivity contribution in [2.45, 2.75) is 26.3 Å². The van der Waals surface area contributed by atoms with Crippen LogP contribution < -0.4 is 10.6 Å². The summed E-state index contributed by atoms with van der Waals surface area (Å²) in [5, 5.41) is 17.8. The maximum Gasteiger partial charge on any atom is 0.101 e. The van der Waals surface area contributed by atoms with E-state index in [-0.39, 0.29) is 6.04 Å². The van der Waals surface area contributed by atoms with Crippen LogP contribution in [0.1, 0.15) is 25.8 Å². The summed E-state index contributed by atoms with van der Waals surface area (Å²) in [6.45, 7) is 4.69. The summed E-state index contributed by atoms with van der Waals surface area (Å²) in [5.41, 5.74) is 7.63. The molecule has 0 aliphatic carbocycles. The first kappa shape index (κ1) is 12.9. The summed E-state index contributed by atoms with van der Waals surface area (Å²) in [7, 11) is 0. The number of nitriles is 2. The lowest BCUT2D eigenvalue weighted by atomic mass is 10.1. The molecule has 88 valence electrons. The minimum Gasteiger partial charge on any atom is -0.399 e. The molecular weight excluding hydrogens is 212 g/mol. The SMILES string of the molecule is CC(C)N(CCC#N)c1ccc(N)cc1C#N. The van der Waals surface area contributed by atoms with Crippen molar-refractivity contribution in [1.82, 2.24) is 0 Å². The molecule has 0 unspecified atom stereocenters. The van der Waals surface area contributed by atoms with Crippen molar-refractivity contribution >= 4 is 11.4 Å². The van der Waals surface area contributed by atoms with Gasteiger partial charge in [-0.05, 0) is 32.0 Å². The number of hydrogen-bond donors (Lipinski definition) is 1. The second kappa shape index (κ2) is 5.77. The van der Waals surface area contributed by atoms with Crippen molar-refractivity contribution in [3.8, 4) is 12.1 Å². The smallest absolute Gasteiger partial charge is 0.101 e. The van der Waals surface area contributed by atoms with Crippen molar-refractivity contribution < 1.29 is 0 Å². The van der Waals surface area contributed by atoms with E-state index < -0.39 is 0 Å². The van der Waals surface area contributed by atoms with Crippen LogP contribution in [0, 0.1) is 22.7 Å². The monoisotopic (exact) mass is 228 g/mol. The van der Waals surface area contributed by atoms with Crippen molar-refractivity contribution in [1.29, 1.82) is 10.5 Å². The average molecular weight is 228 g/mol. The average Bonchev–Trinajstić information content (AvgIpc) is 2.30. The van der Waals surface area contributed by atoms with Crippen molar-refractivity contribution in [2.24, 2.45) is 0 Å². The van der Waals surface area contributed by atoms with E-state index in [0.29, 0.717) is 24.2 Å². The standard InChI is InChI=1S/C13H16N4/c1-10(2)17(7-3-6-14)13-5-4-12(16)8-11(13)9-15/h4-5,8,10H,3,7,16H2,1-2H3. The summed E-state index contributed by atoms with van der Waals surface area (Å²) < 4.78 is 0. The zero-order chi connectivity index (χ0) is 12.8. The predicted octanol–water partition coefficient (Wildman–Crippen LogP) is 2.27. The number of nitrogen functional groups attached to an aromatic ring is 1. The molecule has 2 N–H and O–H groups in total. The number of nitrogens with two attached hydrogens (primary N) is 1. The molecular formula is C13H16N4. The zero-order valence-electron chi connectivity index (χ0n) is 10.1. The highest BCUT2D eigenvalue weighted by Crippen LogP contribution is 2.24. The minimum absolute atomic E-state index is 0.235. The van der Waals surface area contributed by atoms with Gasteiger partial charge in [-0.15, -0.1) is 0 Å². The van der Waals surface area contributed by atoms with Gasteiger partial charge in [-0.2, -0.15) is 10.5 Å². The maximum atomic E-state index is 9.10. The fourth-order valence-corrected chi connectivity index (χ4v) is 1.72. The van der Waals surface area contributed by atoms with Crippen molar-refractivity contribution in [2.75, 3.05) is 17.2 Å². The quantitative estimate of drug-likeness (QED) is 0.802. The van der Waals surface area contributed by atoms with Crippen LogP contribution in [0.5, 0.6) is 0 Å². The molecule has 0 amide bonds. The van der Waals surface area contributed by atoms with Crippen molar-refractivity contribution in [3.63, 3.8) is 0 Å². The van der Waals surface area contributed by atoms with E-state index in [9.17, 15) is 0 Å². The molecule has 0 aromatic heterocycles. The Kier molecular flexibility index (Phi) is 4.37. The maximum absolute atomic E-state index is 9.10. The second-order valence-corrected chi connectivity index (χ2v) is 4.08. The van der Waals surface area contributed by atoms with Gasteiger partial charge in [0.05, 0.1) is 23.7 Å². The molecule has 1 rings (SSSR count). The lowest BCUT2D eigenvalue weighted by molar-refractivity contribution is 0.686. The Bertz CT molecular complexity index is 465. The van der Waals surface area contributed by atoms with Gasteiger partial charge in [-0.1, -0.05) is 0 Å². The summed E-state index contributed by atoms with van der Waals surface area (Å²) in [4.78, 5) is 2.04. The highest BCUT2D eigenvalue weighted by molar-refractivity contribution is 5.64. The Morgan fingerprint density at radius 3 is 2.59 bits per heavy atom. The highest BCUT2D eigenvalue weighted by atomic mass is 15.1. The molecule has 0 radical (unpaired) electrons. The van der Waals surface area contributed by atoms with Crippen LogP contribution in [0.15, 0.2) is 18.2 Å². The molecule has 0 atom stereocenters. The molecule has 0 heterocycles. The summed E-state index contributed by atoms with van der Waals surface area (Å²) in [5.74, 6) is 0. The summed E-state index contributed by atoms with van der Waals surface area (Å²) in [6, 6.07) is 9.78. The van der Waals surface area contributed by atoms with Gasteiger partial charge < -0.3 is 10.6 Å². The van der Waals surface area contributed by atoms with Gasteiger partial charge in [0.2, 0.25) is 0 Å². The van der Waals surface area contributed by atoms with Gasteiger partial charge in [-0.25, -0.2) is 0 Å². The lowest BCUT2D eigenvalue weighted by Gasteiger charge is -2.29. The molecule has 0 aliphatic rings. The highest BCUT2D eigenvalue weighted by Gasteiger charge is 2.14. The molecule has 4 nitrogen and oxygen atoms in total. The van der Waals surface area contributed by atoms with Crippen LogP contribution in [0.4, 0.5) is 11.4 Å². The number of anilines is 2. The largest absolute Gasteiger partial charge is 0.399 e. The Labute approximate surface area is 102 Å². The Morgan fingerprint density at radius 2 is 2.06 bits per heavy atom. The van der Waals surface area contributed by atoms with Crippen LogP contribution in [0.25, 0.3) is 0 Å². The normalized spacial score (nSPS) is 9.71. The Hall–Kier alpha value is -2.20. The molecule has 0 spiro atoms. The molecule has 0 aliphatic heterocycles. The Morgan fingerprint density at radius 1 is 1.35 bits per heavy atom. The fraction of sp³-hybridized carbons (Fsp3) is 0.385. The number of benzene rings is 1. The molecule has 0 bridgehead atoms. The molecule has 0 saturated carbocycles. The molecule has 17 heavy (non-hydrogen) atoms. The fourth-order valence-electron chi connectivity index (χ4n) is 1.72. The van der Waals surface area contributed by atoms with E-state index in [0.717, 1.165) is 5.69 Å². The van der Waals surface area contributed by atoms with Crippen LogP contribution >= 0.6 is 0 Å². The predicted molar refractivity (Wildman–Crippen MR) is 68.3 cm³/mol.